The van der Waals surface area contributed by atoms with Crippen molar-refractivity contribution in [3.05, 3.63) is 0 Å². The van der Waals surface area contributed by atoms with E-state index in [1.165, 1.54) is 180 Å². The fraction of sp³-hybridized carbons (Fsp3) is 0.948. The molecule has 2 fully saturated rings. The first-order chi connectivity index (χ1) is 31.4. The summed E-state index contributed by atoms with van der Waals surface area (Å²) in [4.78, 5) is 39.9. The van der Waals surface area contributed by atoms with Gasteiger partial charge in [0.1, 0.15) is 0 Å². The fourth-order valence-electron chi connectivity index (χ4n) is 12.4. The van der Waals surface area contributed by atoms with Gasteiger partial charge in [0.2, 0.25) is 0 Å². The van der Waals surface area contributed by atoms with E-state index in [4.69, 9.17) is 19.9 Å². The van der Waals surface area contributed by atoms with Gasteiger partial charge in [-0.15, -0.1) is 0 Å². The Hall–Kier alpha value is -1.63. The average Bonchev–Trinajstić information content (AvgIpc) is 3.27. The van der Waals surface area contributed by atoms with Crippen molar-refractivity contribution >= 4 is 17.9 Å². The largest absolute Gasteiger partial charge is 0.465 e. The molecule has 4 atom stereocenters. The van der Waals surface area contributed by atoms with Crippen molar-refractivity contribution in [1.82, 2.24) is 0 Å². The Labute approximate surface area is 403 Å². The lowest BCUT2D eigenvalue weighted by molar-refractivity contribution is -0.169. The van der Waals surface area contributed by atoms with Crippen molar-refractivity contribution in [2.24, 2.45) is 39.7 Å². The van der Waals surface area contributed by atoms with E-state index in [-0.39, 0.29) is 40.7 Å². The summed E-state index contributed by atoms with van der Waals surface area (Å²) in [7, 11) is 0. The number of nitrogens with two attached hydrogens (primary N) is 1. The number of carbonyl (C=O) groups excluding carboxylic acids is 3. The SMILES string of the molecule is CCCCCCCCCC(CCCCCCCCC)CC(=O)OCC1(C)CC2CC(C)(COC(=O)CN)CC(COC(=O)CC(CCCCCCCCC)CCCCCCCCC)(C2)C1. The Balaban J connectivity index is 2.10. The highest BCUT2D eigenvalue weighted by Crippen LogP contribution is 2.60. The third-order valence-corrected chi connectivity index (χ3v) is 15.5. The number of carbonyl (C=O) groups is 3. The van der Waals surface area contributed by atoms with Gasteiger partial charge in [-0.05, 0) is 75.5 Å². The van der Waals surface area contributed by atoms with Crippen molar-refractivity contribution in [3.8, 4) is 0 Å². The third kappa shape index (κ3) is 28.5. The van der Waals surface area contributed by atoms with E-state index in [0.29, 0.717) is 50.4 Å². The van der Waals surface area contributed by atoms with Crippen LogP contribution in [0.15, 0.2) is 0 Å². The molecular formula is C58H109NO6. The van der Waals surface area contributed by atoms with Crippen LogP contribution in [-0.2, 0) is 28.6 Å². The van der Waals surface area contributed by atoms with Crippen LogP contribution in [0.5, 0.6) is 0 Å². The number of fused-ring (bicyclic) bond motifs is 2. The molecule has 2 rings (SSSR count). The van der Waals surface area contributed by atoms with Gasteiger partial charge in [0.25, 0.3) is 0 Å². The zero-order valence-corrected chi connectivity index (χ0v) is 44.2. The van der Waals surface area contributed by atoms with Crippen LogP contribution in [0, 0.1) is 34.0 Å². The first-order valence-electron chi connectivity index (χ1n) is 28.6. The van der Waals surface area contributed by atoms with Crippen LogP contribution < -0.4 is 5.73 Å². The van der Waals surface area contributed by atoms with Gasteiger partial charge in [0.05, 0.1) is 26.4 Å². The van der Waals surface area contributed by atoms with Gasteiger partial charge in [-0.3, -0.25) is 14.4 Å². The normalized spacial score (nSPS) is 21.8. The van der Waals surface area contributed by atoms with E-state index in [1.807, 2.05) is 0 Å². The van der Waals surface area contributed by atoms with Crippen LogP contribution in [0.3, 0.4) is 0 Å². The molecule has 7 nitrogen and oxygen atoms in total. The monoisotopic (exact) mass is 916 g/mol. The lowest BCUT2D eigenvalue weighted by Crippen LogP contribution is -2.52. The Bertz CT molecular complexity index is 1170. The molecule has 2 aliphatic rings. The molecule has 0 radical (unpaired) electrons. The quantitative estimate of drug-likeness (QED) is 0.0369. The first kappa shape index (κ1) is 59.5. The van der Waals surface area contributed by atoms with E-state index < -0.39 is 0 Å². The standard InChI is InChI=1S/C58H109NO6/c1-7-11-15-19-23-27-31-35-50(36-32-28-24-20-16-12-8-2)39-53(60)63-47-56(5)41-52-42-57(6,48-64-55(62)44-59)46-58(43-52,45-56)49-65-54(61)40-51(37-33-29-25-21-17-13-9-3)38-34-30-26-22-18-14-10-4/h50-52H,7-49,59H2,1-6H3. The molecule has 7 heteroatoms. The molecule has 2 N–H and O–H groups in total. The second kappa shape index (κ2) is 36.4. The predicted molar refractivity (Wildman–Crippen MR) is 274 cm³/mol. The topological polar surface area (TPSA) is 105 Å². The molecule has 0 aromatic heterocycles. The summed E-state index contributed by atoms with van der Waals surface area (Å²) in [6, 6.07) is 0. The second-order valence-corrected chi connectivity index (χ2v) is 22.9. The highest BCUT2D eigenvalue weighted by atomic mass is 16.5. The molecule has 0 heterocycles. The number of esters is 3. The number of rotatable bonds is 43. The maximum Gasteiger partial charge on any atom is 0.319 e. The average molecular weight is 917 g/mol. The number of ether oxygens (including phenoxy) is 3. The summed E-state index contributed by atoms with van der Waals surface area (Å²) in [5.74, 6) is 0.680. The summed E-state index contributed by atoms with van der Waals surface area (Å²) in [5.41, 5.74) is 4.95. The minimum Gasteiger partial charge on any atom is -0.465 e. The van der Waals surface area contributed by atoms with Crippen LogP contribution in [0.1, 0.15) is 292 Å². The van der Waals surface area contributed by atoms with Gasteiger partial charge in [0.15, 0.2) is 0 Å². The smallest absolute Gasteiger partial charge is 0.319 e. The maximum absolute atomic E-state index is 13.9. The fourth-order valence-corrected chi connectivity index (χ4v) is 12.4. The predicted octanol–water partition coefficient (Wildman–Crippen LogP) is 16.7. The Morgan fingerprint density at radius 2 is 0.723 bits per heavy atom. The molecular weight excluding hydrogens is 807 g/mol. The zero-order chi connectivity index (χ0) is 47.5. The van der Waals surface area contributed by atoms with Gasteiger partial charge < -0.3 is 19.9 Å². The number of hydrogen-bond donors (Lipinski definition) is 1. The molecule has 0 amide bonds. The first-order valence-corrected chi connectivity index (χ1v) is 28.6. The molecule has 2 bridgehead atoms. The molecule has 4 unspecified atom stereocenters. The molecule has 0 aromatic carbocycles. The molecule has 65 heavy (non-hydrogen) atoms. The van der Waals surface area contributed by atoms with Crippen molar-refractivity contribution < 1.29 is 28.6 Å². The van der Waals surface area contributed by atoms with E-state index in [1.54, 1.807) is 0 Å². The highest BCUT2D eigenvalue weighted by molar-refractivity contribution is 5.71. The van der Waals surface area contributed by atoms with E-state index in [2.05, 4.69) is 41.5 Å². The summed E-state index contributed by atoms with van der Waals surface area (Å²) in [5, 5.41) is 0. The van der Waals surface area contributed by atoms with Crippen molar-refractivity contribution in [2.45, 2.75) is 292 Å². The van der Waals surface area contributed by atoms with Crippen LogP contribution in [-0.4, -0.2) is 44.3 Å². The minimum atomic E-state index is -0.371. The Morgan fingerprint density at radius 3 is 1.05 bits per heavy atom. The second-order valence-electron chi connectivity index (χ2n) is 22.9. The van der Waals surface area contributed by atoms with Gasteiger partial charge in [-0.1, -0.05) is 221 Å². The molecule has 0 spiro atoms. The van der Waals surface area contributed by atoms with E-state index in [9.17, 15) is 14.4 Å². The Kier molecular flexibility index (Phi) is 33.3. The highest BCUT2D eigenvalue weighted by Gasteiger charge is 2.55. The summed E-state index contributed by atoms with van der Waals surface area (Å²) in [6.45, 7) is 14.6. The Morgan fingerprint density at radius 1 is 0.431 bits per heavy atom. The van der Waals surface area contributed by atoms with Crippen LogP contribution in [0.4, 0.5) is 0 Å². The van der Waals surface area contributed by atoms with Crippen LogP contribution >= 0.6 is 0 Å². The molecule has 0 aromatic rings. The van der Waals surface area contributed by atoms with Gasteiger partial charge in [-0.25, -0.2) is 0 Å². The lowest BCUT2D eigenvalue weighted by Gasteiger charge is -2.57. The van der Waals surface area contributed by atoms with Crippen molar-refractivity contribution in [3.63, 3.8) is 0 Å². The molecule has 0 saturated heterocycles. The van der Waals surface area contributed by atoms with Gasteiger partial charge in [-0.2, -0.15) is 0 Å². The summed E-state index contributed by atoms with van der Waals surface area (Å²) >= 11 is 0. The lowest BCUT2D eigenvalue weighted by atomic mass is 9.49. The summed E-state index contributed by atoms with van der Waals surface area (Å²) in [6.07, 6.45) is 46.2. The molecule has 2 saturated carbocycles. The number of unbranched alkanes of at least 4 members (excludes halogenated alkanes) is 24. The van der Waals surface area contributed by atoms with Crippen LogP contribution in [0.2, 0.25) is 0 Å². The summed E-state index contributed by atoms with van der Waals surface area (Å²) < 4.78 is 18.4. The third-order valence-electron chi connectivity index (χ3n) is 15.5. The van der Waals surface area contributed by atoms with Gasteiger partial charge in [0, 0.05) is 29.1 Å². The molecule has 2 aliphatic carbocycles. The minimum absolute atomic E-state index is 0.0372. The van der Waals surface area contributed by atoms with Crippen molar-refractivity contribution in [2.75, 3.05) is 26.4 Å². The number of hydrogen-bond acceptors (Lipinski definition) is 7. The zero-order valence-electron chi connectivity index (χ0n) is 44.2. The van der Waals surface area contributed by atoms with E-state index in [0.717, 1.165) is 57.8 Å². The van der Waals surface area contributed by atoms with Gasteiger partial charge >= 0.3 is 17.9 Å². The van der Waals surface area contributed by atoms with Crippen LogP contribution in [0.25, 0.3) is 0 Å². The van der Waals surface area contributed by atoms with Crippen molar-refractivity contribution in [1.29, 1.82) is 0 Å². The maximum atomic E-state index is 13.9. The molecule has 0 aliphatic heterocycles. The molecule has 382 valence electrons. The van der Waals surface area contributed by atoms with E-state index >= 15 is 0 Å².